The minimum atomic E-state index is -0.303. The number of likely N-dealkylation sites (N-methyl/N-ethyl adjacent to an activating group) is 1. The van der Waals surface area contributed by atoms with Crippen molar-refractivity contribution < 1.29 is 14.1 Å². The Morgan fingerprint density at radius 1 is 1.04 bits per heavy atom. The second-order valence-corrected chi connectivity index (χ2v) is 6.92. The van der Waals surface area contributed by atoms with Gasteiger partial charge in [0, 0.05) is 11.3 Å². The van der Waals surface area contributed by atoms with Crippen molar-refractivity contribution in [1.29, 1.82) is 0 Å². The average Bonchev–Trinajstić information content (AvgIpc) is 2.65. The van der Waals surface area contributed by atoms with Crippen LogP contribution in [0.3, 0.4) is 0 Å². The van der Waals surface area contributed by atoms with Crippen LogP contribution in [0.15, 0.2) is 54.6 Å². The minimum Gasteiger partial charge on any atom is -0.321 e. The molecule has 0 bridgehead atoms. The molecule has 1 aliphatic rings. The van der Waals surface area contributed by atoms with Crippen LogP contribution in [0, 0.1) is 5.82 Å². The zero-order valence-electron chi connectivity index (χ0n) is 14.7. The molecule has 0 saturated heterocycles. The minimum absolute atomic E-state index is 0.0409. The molecule has 1 amide bonds. The maximum atomic E-state index is 13.1. The average molecular weight is 341 g/mol. The SMILES string of the molecule is C[NH+](C1CCCCC1)[C@@H](C(=O)Nc1ccc(F)cc1)c1ccccc1. The van der Waals surface area contributed by atoms with E-state index in [1.165, 1.54) is 49.1 Å². The molecular formula is C21H26FN2O+. The predicted molar refractivity (Wildman–Crippen MR) is 98.0 cm³/mol. The lowest BCUT2D eigenvalue weighted by Gasteiger charge is -2.33. The van der Waals surface area contributed by atoms with Crippen molar-refractivity contribution >= 4 is 11.6 Å². The monoisotopic (exact) mass is 341 g/mol. The number of halogens is 1. The van der Waals surface area contributed by atoms with Crippen LogP contribution in [0.1, 0.15) is 43.7 Å². The first-order chi connectivity index (χ1) is 12.1. The van der Waals surface area contributed by atoms with Crippen molar-refractivity contribution in [3.63, 3.8) is 0 Å². The lowest BCUT2D eigenvalue weighted by Crippen LogP contribution is -3.14. The van der Waals surface area contributed by atoms with E-state index in [9.17, 15) is 9.18 Å². The van der Waals surface area contributed by atoms with Gasteiger partial charge >= 0.3 is 0 Å². The fourth-order valence-corrected chi connectivity index (χ4v) is 3.81. The molecule has 1 unspecified atom stereocenters. The van der Waals surface area contributed by atoms with E-state index in [0.29, 0.717) is 11.7 Å². The number of carbonyl (C=O) groups is 1. The normalized spacial score (nSPS) is 17.7. The van der Waals surface area contributed by atoms with Gasteiger partial charge in [0.25, 0.3) is 5.91 Å². The van der Waals surface area contributed by atoms with Gasteiger partial charge in [-0.1, -0.05) is 36.8 Å². The Balaban J connectivity index is 1.82. The first-order valence-electron chi connectivity index (χ1n) is 9.10. The number of benzene rings is 2. The third-order valence-electron chi connectivity index (χ3n) is 5.21. The zero-order valence-corrected chi connectivity index (χ0v) is 14.7. The standard InChI is InChI=1S/C21H25FN2O/c1-24(19-10-6-3-7-11-19)20(16-8-4-2-5-9-16)21(25)23-18-14-12-17(22)13-15-18/h2,4-5,8-9,12-15,19-20H,3,6-7,10-11H2,1H3,(H,23,25)/p+1/t20-/m1/s1. The summed E-state index contributed by atoms with van der Waals surface area (Å²) in [6.07, 6.45) is 6.10. The van der Waals surface area contributed by atoms with Crippen LogP contribution in [-0.2, 0) is 4.79 Å². The number of quaternary nitrogens is 1. The Labute approximate surface area is 148 Å². The fourth-order valence-electron chi connectivity index (χ4n) is 3.81. The Morgan fingerprint density at radius 2 is 1.68 bits per heavy atom. The van der Waals surface area contributed by atoms with E-state index in [4.69, 9.17) is 0 Å². The highest BCUT2D eigenvalue weighted by molar-refractivity contribution is 5.94. The number of nitrogens with one attached hydrogen (secondary N) is 2. The second-order valence-electron chi connectivity index (χ2n) is 6.92. The van der Waals surface area contributed by atoms with Crippen molar-refractivity contribution in [1.82, 2.24) is 0 Å². The third kappa shape index (κ3) is 4.45. The lowest BCUT2D eigenvalue weighted by molar-refractivity contribution is -0.928. The molecule has 0 radical (unpaired) electrons. The molecule has 0 heterocycles. The molecule has 132 valence electrons. The molecule has 0 aliphatic heterocycles. The molecule has 4 heteroatoms. The Hall–Kier alpha value is -2.20. The second kappa shape index (κ2) is 8.26. The van der Waals surface area contributed by atoms with Gasteiger partial charge in [0.15, 0.2) is 6.04 Å². The molecule has 2 N–H and O–H groups in total. The first kappa shape index (κ1) is 17.6. The van der Waals surface area contributed by atoms with Crippen LogP contribution in [0.25, 0.3) is 0 Å². The van der Waals surface area contributed by atoms with E-state index in [1.54, 1.807) is 12.1 Å². The van der Waals surface area contributed by atoms with E-state index in [0.717, 1.165) is 5.56 Å². The molecule has 0 spiro atoms. The summed E-state index contributed by atoms with van der Waals surface area (Å²) in [5, 5.41) is 2.96. The molecule has 2 atom stereocenters. The summed E-state index contributed by atoms with van der Waals surface area (Å²) in [4.78, 5) is 14.3. The maximum Gasteiger partial charge on any atom is 0.287 e. The molecule has 1 fully saturated rings. The lowest BCUT2D eigenvalue weighted by atomic mass is 9.92. The fraction of sp³-hybridized carbons (Fsp3) is 0.381. The molecule has 25 heavy (non-hydrogen) atoms. The molecule has 3 rings (SSSR count). The molecule has 3 nitrogen and oxygen atoms in total. The number of rotatable bonds is 5. The summed E-state index contributed by atoms with van der Waals surface area (Å²) >= 11 is 0. The maximum absolute atomic E-state index is 13.1. The first-order valence-corrected chi connectivity index (χ1v) is 9.10. The van der Waals surface area contributed by atoms with Gasteiger partial charge in [-0.15, -0.1) is 0 Å². The largest absolute Gasteiger partial charge is 0.321 e. The number of hydrogen-bond donors (Lipinski definition) is 2. The number of anilines is 1. The van der Waals surface area contributed by atoms with Gasteiger partial charge in [-0.2, -0.15) is 0 Å². The van der Waals surface area contributed by atoms with Gasteiger partial charge in [-0.05, 0) is 49.9 Å². The van der Waals surface area contributed by atoms with Crippen molar-refractivity contribution in [3.8, 4) is 0 Å². The highest BCUT2D eigenvalue weighted by Crippen LogP contribution is 2.19. The van der Waals surface area contributed by atoms with Gasteiger partial charge < -0.3 is 10.2 Å². The molecular weight excluding hydrogens is 315 g/mol. The summed E-state index contributed by atoms with van der Waals surface area (Å²) in [6.45, 7) is 0. The van der Waals surface area contributed by atoms with E-state index >= 15 is 0 Å². The summed E-state index contributed by atoms with van der Waals surface area (Å²) in [6, 6.07) is 16.1. The van der Waals surface area contributed by atoms with Crippen molar-refractivity contribution in [2.45, 2.75) is 44.2 Å². The molecule has 2 aromatic rings. The predicted octanol–water partition coefficient (Wildman–Crippen LogP) is 3.35. The van der Waals surface area contributed by atoms with Crippen LogP contribution in [0.4, 0.5) is 10.1 Å². The van der Waals surface area contributed by atoms with Crippen molar-refractivity contribution in [3.05, 3.63) is 66.0 Å². The van der Waals surface area contributed by atoms with Crippen LogP contribution in [0.5, 0.6) is 0 Å². The Bertz CT molecular complexity index is 681. The van der Waals surface area contributed by atoms with Gasteiger partial charge in [0.1, 0.15) is 5.82 Å². The van der Waals surface area contributed by atoms with E-state index in [1.807, 2.05) is 30.3 Å². The molecule has 0 aromatic heterocycles. The van der Waals surface area contributed by atoms with Crippen molar-refractivity contribution in [2.24, 2.45) is 0 Å². The van der Waals surface area contributed by atoms with E-state index < -0.39 is 0 Å². The zero-order chi connectivity index (χ0) is 17.6. The van der Waals surface area contributed by atoms with Crippen LogP contribution < -0.4 is 10.2 Å². The smallest absolute Gasteiger partial charge is 0.287 e. The van der Waals surface area contributed by atoms with E-state index in [2.05, 4.69) is 12.4 Å². The summed E-state index contributed by atoms with van der Waals surface area (Å²) in [7, 11) is 2.12. The quantitative estimate of drug-likeness (QED) is 0.859. The third-order valence-corrected chi connectivity index (χ3v) is 5.21. The topological polar surface area (TPSA) is 33.5 Å². The Kier molecular flexibility index (Phi) is 5.82. The van der Waals surface area contributed by atoms with Crippen LogP contribution in [0.2, 0.25) is 0 Å². The highest BCUT2D eigenvalue weighted by atomic mass is 19.1. The van der Waals surface area contributed by atoms with Gasteiger partial charge in [0.05, 0.1) is 13.1 Å². The number of carbonyl (C=O) groups excluding carboxylic acids is 1. The Morgan fingerprint density at radius 3 is 2.32 bits per heavy atom. The summed E-state index contributed by atoms with van der Waals surface area (Å²) in [5.74, 6) is -0.344. The van der Waals surface area contributed by atoms with Crippen LogP contribution in [-0.4, -0.2) is 19.0 Å². The van der Waals surface area contributed by atoms with E-state index in [-0.39, 0.29) is 17.8 Å². The van der Waals surface area contributed by atoms with Gasteiger partial charge in [0.2, 0.25) is 0 Å². The van der Waals surface area contributed by atoms with Crippen LogP contribution >= 0.6 is 0 Å². The number of hydrogen-bond acceptors (Lipinski definition) is 1. The molecule has 1 saturated carbocycles. The summed E-state index contributed by atoms with van der Waals surface area (Å²) in [5.41, 5.74) is 1.65. The molecule has 2 aromatic carbocycles. The molecule has 1 aliphatic carbocycles. The van der Waals surface area contributed by atoms with Crippen molar-refractivity contribution in [2.75, 3.05) is 12.4 Å². The van der Waals surface area contributed by atoms with Gasteiger partial charge in [-0.3, -0.25) is 4.79 Å². The van der Waals surface area contributed by atoms with Gasteiger partial charge in [-0.25, -0.2) is 4.39 Å². The highest BCUT2D eigenvalue weighted by Gasteiger charge is 2.34. The summed E-state index contributed by atoms with van der Waals surface area (Å²) < 4.78 is 13.1. The number of amides is 1.